The van der Waals surface area contributed by atoms with Crippen LogP contribution >= 0.6 is 24.0 Å². The number of nitrogens with one attached hydrogen (secondary N) is 1. The zero-order chi connectivity index (χ0) is 21.8. The topological polar surface area (TPSA) is 77.1 Å². The molecule has 0 radical (unpaired) electrons. The Labute approximate surface area is 189 Å². The number of fused-ring (bicyclic) bond motifs is 1. The van der Waals surface area contributed by atoms with Crippen LogP contribution in [0.1, 0.15) is 22.8 Å². The predicted molar refractivity (Wildman–Crippen MR) is 122 cm³/mol. The Balaban J connectivity index is 1.33. The summed E-state index contributed by atoms with van der Waals surface area (Å²) in [5.74, 6) is 1.66. The summed E-state index contributed by atoms with van der Waals surface area (Å²) >= 11 is 6.60. The molecule has 2 aliphatic rings. The van der Waals surface area contributed by atoms with Crippen LogP contribution in [0.4, 0.5) is 0 Å². The van der Waals surface area contributed by atoms with E-state index in [0.29, 0.717) is 45.2 Å². The smallest absolute Gasteiger partial charge is 0.266 e. The standard InChI is InChI=1S/C22H20N2O5S2/c1-2-27-16-6-4-15(5-7-16)20(25)23-9-10-24-21(26)19(31-22(24)30)12-14-3-8-17-18(11-14)29-13-28-17/h3-8,11-12H,2,9-10,13H2,1H3,(H,23,25). The average molecular weight is 457 g/mol. The van der Waals surface area contributed by atoms with Gasteiger partial charge in [0.2, 0.25) is 6.79 Å². The maximum atomic E-state index is 12.8. The van der Waals surface area contributed by atoms with Crippen molar-refractivity contribution in [3.8, 4) is 17.2 Å². The molecule has 4 rings (SSSR count). The second-order valence-electron chi connectivity index (χ2n) is 6.66. The number of nitrogens with zero attached hydrogens (tertiary/aromatic N) is 1. The maximum absolute atomic E-state index is 12.8. The molecule has 2 aliphatic heterocycles. The maximum Gasteiger partial charge on any atom is 0.266 e. The molecule has 2 aromatic carbocycles. The van der Waals surface area contributed by atoms with Crippen molar-refractivity contribution in [2.75, 3.05) is 26.5 Å². The fourth-order valence-electron chi connectivity index (χ4n) is 3.10. The lowest BCUT2D eigenvalue weighted by Crippen LogP contribution is -2.37. The lowest BCUT2D eigenvalue weighted by atomic mass is 10.2. The Morgan fingerprint density at radius 2 is 2.00 bits per heavy atom. The second kappa shape index (κ2) is 9.40. The highest BCUT2D eigenvalue weighted by molar-refractivity contribution is 8.26. The molecule has 0 unspecified atom stereocenters. The number of amides is 2. The van der Waals surface area contributed by atoms with Gasteiger partial charge in [-0.05, 0) is 55.0 Å². The zero-order valence-electron chi connectivity index (χ0n) is 16.8. The van der Waals surface area contributed by atoms with Crippen LogP contribution in [0.25, 0.3) is 6.08 Å². The van der Waals surface area contributed by atoms with Gasteiger partial charge in [0.15, 0.2) is 11.5 Å². The Bertz CT molecular complexity index is 1050. The van der Waals surface area contributed by atoms with E-state index in [1.165, 1.54) is 16.7 Å². The van der Waals surface area contributed by atoms with Crippen molar-refractivity contribution in [1.29, 1.82) is 0 Å². The van der Waals surface area contributed by atoms with Gasteiger partial charge in [0, 0.05) is 18.7 Å². The van der Waals surface area contributed by atoms with Crippen molar-refractivity contribution in [2.24, 2.45) is 0 Å². The summed E-state index contributed by atoms with van der Waals surface area (Å²) in [6.07, 6.45) is 1.78. The van der Waals surface area contributed by atoms with Crippen molar-refractivity contribution in [3.63, 3.8) is 0 Å². The predicted octanol–water partition coefficient (Wildman–Crippen LogP) is 3.45. The second-order valence-corrected chi connectivity index (χ2v) is 8.34. The fraction of sp³-hybridized carbons (Fsp3) is 0.227. The van der Waals surface area contributed by atoms with Gasteiger partial charge in [0.25, 0.3) is 11.8 Å². The molecule has 0 bridgehead atoms. The molecule has 31 heavy (non-hydrogen) atoms. The Kier molecular flexibility index (Phi) is 6.43. The molecule has 160 valence electrons. The van der Waals surface area contributed by atoms with Crippen molar-refractivity contribution in [2.45, 2.75) is 6.92 Å². The van der Waals surface area contributed by atoms with Gasteiger partial charge in [-0.1, -0.05) is 30.0 Å². The summed E-state index contributed by atoms with van der Waals surface area (Å²) < 4.78 is 16.5. The lowest BCUT2D eigenvalue weighted by Gasteiger charge is -2.15. The van der Waals surface area contributed by atoms with Gasteiger partial charge in [-0.2, -0.15) is 0 Å². The van der Waals surface area contributed by atoms with E-state index < -0.39 is 0 Å². The number of carbonyl (C=O) groups excluding carboxylic acids is 2. The number of benzene rings is 2. The van der Waals surface area contributed by atoms with Gasteiger partial charge in [-0.3, -0.25) is 14.5 Å². The summed E-state index contributed by atoms with van der Waals surface area (Å²) in [7, 11) is 0. The quantitative estimate of drug-likeness (QED) is 0.505. The molecule has 9 heteroatoms. The van der Waals surface area contributed by atoms with Crippen LogP contribution in [-0.2, 0) is 4.79 Å². The highest BCUT2D eigenvalue weighted by Crippen LogP contribution is 2.36. The van der Waals surface area contributed by atoms with Gasteiger partial charge in [-0.15, -0.1) is 0 Å². The largest absolute Gasteiger partial charge is 0.494 e. The first-order valence-electron chi connectivity index (χ1n) is 9.71. The molecule has 1 fully saturated rings. The molecular formula is C22H20N2O5S2. The van der Waals surface area contributed by atoms with Crippen molar-refractivity contribution in [3.05, 3.63) is 58.5 Å². The van der Waals surface area contributed by atoms with Crippen LogP contribution in [-0.4, -0.2) is 47.5 Å². The van der Waals surface area contributed by atoms with E-state index in [1.807, 2.05) is 25.1 Å². The third-order valence-corrected chi connectivity index (χ3v) is 5.99. The van der Waals surface area contributed by atoms with Gasteiger partial charge in [-0.25, -0.2) is 0 Å². The fourth-order valence-corrected chi connectivity index (χ4v) is 4.41. The van der Waals surface area contributed by atoms with Gasteiger partial charge < -0.3 is 19.5 Å². The number of carbonyl (C=O) groups is 2. The Morgan fingerprint density at radius 3 is 2.77 bits per heavy atom. The van der Waals surface area contributed by atoms with Crippen LogP contribution < -0.4 is 19.5 Å². The van der Waals surface area contributed by atoms with Crippen LogP contribution in [0.2, 0.25) is 0 Å². The van der Waals surface area contributed by atoms with E-state index in [4.69, 9.17) is 26.4 Å². The SMILES string of the molecule is CCOc1ccc(C(=O)NCCN2C(=O)C(=Cc3ccc4c(c3)OCO4)SC2=S)cc1. The van der Waals surface area contributed by atoms with Crippen LogP contribution in [0, 0.1) is 0 Å². The van der Waals surface area contributed by atoms with E-state index in [1.54, 1.807) is 30.3 Å². The number of hydrogen-bond acceptors (Lipinski definition) is 7. The average Bonchev–Trinajstić information content (AvgIpc) is 3.33. The number of thioether (sulfide) groups is 1. The molecule has 0 saturated carbocycles. The molecule has 2 aromatic rings. The number of rotatable bonds is 7. The van der Waals surface area contributed by atoms with Gasteiger partial charge in [0.1, 0.15) is 10.1 Å². The third kappa shape index (κ3) is 4.83. The van der Waals surface area contributed by atoms with Crippen LogP contribution in [0.3, 0.4) is 0 Å². The molecular weight excluding hydrogens is 436 g/mol. The zero-order valence-corrected chi connectivity index (χ0v) is 18.4. The molecule has 0 aliphatic carbocycles. The first kappa shape index (κ1) is 21.2. The summed E-state index contributed by atoms with van der Waals surface area (Å²) in [5, 5.41) is 2.82. The molecule has 7 nitrogen and oxygen atoms in total. The van der Waals surface area contributed by atoms with E-state index in [9.17, 15) is 9.59 Å². The minimum Gasteiger partial charge on any atom is -0.494 e. The van der Waals surface area contributed by atoms with E-state index in [2.05, 4.69) is 5.32 Å². The molecule has 1 saturated heterocycles. The number of ether oxygens (including phenoxy) is 3. The number of thiocarbonyl (C=S) groups is 1. The molecule has 1 N–H and O–H groups in total. The molecule has 0 spiro atoms. The van der Waals surface area contributed by atoms with Gasteiger partial charge in [0.05, 0.1) is 11.5 Å². The van der Waals surface area contributed by atoms with E-state index in [0.717, 1.165) is 5.56 Å². The first-order chi connectivity index (χ1) is 15.0. The van der Waals surface area contributed by atoms with Crippen molar-refractivity contribution < 1.29 is 23.8 Å². The van der Waals surface area contributed by atoms with Crippen molar-refractivity contribution in [1.82, 2.24) is 10.2 Å². The molecule has 0 atom stereocenters. The van der Waals surface area contributed by atoms with Crippen molar-refractivity contribution >= 4 is 46.2 Å². The summed E-state index contributed by atoms with van der Waals surface area (Å²) in [4.78, 5) is 27.1. The van der Waals surface area contributed by atoms with Crippen LogP contribution in [0.15, 0.2) is 47.4 Å². The summed E-state index contributed by atoms with van der Waals surface area (Å²) in [6, 6.07) is 12.4. The van der Waals surface area contributed by atoms with E-state index >= 15 is 0 Å². The highest BCUT2D eigenvalue weighted by Gasteiger charge is 2.31. The minimum absolute atomic E-state index is 0.178. The summed E-state index contributed by atoms with van der Waals surface area (Å²) in [5.41, 5.74) is 1.35. The first-order valence-corrected chi connectivity index (χ1v) is 10.9. The molecule has 0 aromatic heterocycles. The lowest BCUT2D eigenvalue weighted by molar-refractivity contribution is -0.122. The molecule has 2 amide bonds. The highest BCUT2D eigenvalue weighted by atomic mass is 32.2. The minimum atomic E-state index is -0.218. The Morgan fingerprint density at radius 1 is 1.23 bits per heavy atom. The molecule has 2 heterocycles. The monoisotopic (exact) mass is 456 g/mol. The third-order valence-electron chi connectivity index (χ3n) is 4.62. The Hall–Kier alpha value is -3.04. The normalized spacial score (nSPS) is 16.2. The van der Waals surface area contributed by atoms with Crippen LogP contribution in [0.5, 0.6) is 17.2 Å². The summed E-state index contributed by atoms with van der Waals surface area (Å²) in [6.45, 7) is 3.25. The van der Waals surface area contributed by atoms with E-state index in [-0.39, 0.29) is 25.2 Å². The van der Waals surface area contributed by atoms with Gasteiger partial charge >= 0.3 is 0 Å². The number of hydrogen-bond donors (Lipinski definition) is 1.